The van der Waals surface area contributed by atoms with Crippen molar-refractivity contribution in [3.8, 4) is 11.3 Å². The molecule has 0 saturated carbocycles. The zero-order valence-corrected chi connectivity index (χ0v) is 20.5. The highest BCUT2D eigenvalue weighted by Crippen LogP contribution is 2.42. The molecular formula is C29H29N3O5. The molecule has 2 aliphatic heterocycles. The van der Waals surface area contributed by atoms with Gasteiger partial charge in [0.1, 0.15) is 24.4 Å². The predicted octanol–water partition coefficient (Wildman–Crippen LogP) is 4.56. The lowest BCUT2D eigenvalue weighted by atomic mass is 9.94. The molecule has 1 unspecified atom stereocenters. The van der Waals surface area contributed by atoms with Gasteiger partial charge < -0.3 is 23.7 Å². The standard InChI is InChI=1S/C29H29N3O5/c1-33-29-27(34-18-20-11-5-2-6-12-20)25(32-23(17-30-31-32)21-13-7-3-8-14-21)26-24(36-29)19-35-28(37-26)22-15-9-4-10-16-22/h2-17,24-29H,18-19H2,1H3/t24-,25-,26-,27+,28?,29+/m1/s1. The van der Waals surface area contributed by atoms with Gasteiger partial charge in [-0.25, -0.2) is 4.68 Å². The topological polar surface area (TPSA) is 76.9 Å². The average Bonchev–Trinajstić information content (AvgIpc) is 3.46. The second kappa shape index (κ2) is 10.9. The number of nitrogens with zero attached hydrogens (tertiary/aromatic N) is 3. The van der Waals surface area contributed by atoms with Gasteiger partial charge in [0.2, 0.25) is 0 Å². The summed E-state index contributed by atoms with van der Waals surface area (Å²) in [5.41, 5.74) is 3.85. The van der Waals surface area contributed by atoms with Gasteiger partial charge in [-0.3, -0.25) is 0 Å². The third-order valence-corrected chi connectivity index (χ3v) is 6.83. The van der Waals surface area contributed by atoms with Gasteiger partial charge in [0.15, 0.2) is 12.6 Å². The summed E-state index contributed by atoms with van der Waals surface area (Å²) in [4.78, 5) is 0. The van der Waals surface area contributed by atoms with E-state index in [0.717, 1.165) is 22.4 Å². The zero-order valence-electron chi connectivity index (χ0n) is 20.5. The normalized spacial score (nSPS) is 27.5. The van der Waals surface area contributed by atoms with E-state index >= 15 is 0 Å². The molecule has 0 N–H and O–H groups in total. The van der Waals surface area contributed by atoms with Crippen LogP contribution in [0.3, 0.4) is 0 Å². The lowest BCUT2D eigenvalue weighted by Gasteiger charge is -2.49. The molecule has 0 radical (unpaired) electrons. The first-order valence-electron chi connectivity index (χ1n) is 12.4. The Kier molecular flexibility index (Phi) is 7.07. The number of aromatic nitrogens is 3. The SMILES string of the molecule is CO[C@H]1O[C@@H]2COC(c3ccccc3)O[C@H]2[C@@H](n2nncc2-c2ccccc2)[C@@H]1OCc1ccccc1. The van der Waals surface area contributed by atoms with Gasteiger partial charge in [0.25, 0.3) is 0 Å². The monoisotopic (exact) mass is 499 g/mol. The van der Waals surface area contributed by atoms with Crippen molar-refractivity contribution in [1.29, 1.82) is 0 Å². The third-order valence-electron chi connectivity index (χ3n) is 6.83. The van der Waals surface area contributed by atoms with E-state index in [1.54, 1.807) is 13.3 Å². The van der Waals surface area contributed by atoms with Crippen molar-refractivity contribution in [1.82, 2.24) is 15.0 Å². The van der Waals surface area contributed by atoms with Crippen LogP contribution in [0.25, 0.3) is 11.3 Å². The molecule has 3 aromatic carbocycles. The zero-order chi connectivity index (χ0) is 25.0. The van der Waals surface area contributed by atoms with E-state index in [4.69, 9.17) is 23.7 Å². The lowest BCUT2D eigenvalue weighted by Crippen LogP contribution is -2.60. The molecule has 2 fully saturated rings. The summed E-state index contributed by atoms with van der Waals surface area (Å²) in [5, 5.41) is 8.81. The van der Waals surface area contributed by atoms with Crippen LogP contribution in [0.4, 0.5) is 0 Å². The van der Waals surface area contributed by atoms with E-state index in [1.165, 1.54) is 0 Å². The minimum atomic E-state index is -0.650. The molecule has 8 nitrogen and oxygen atoms in total. The largest absolute Gasteiger partial charge is 0.366 e. The average molecular weight is 500 g/mol. The van der Waals surface area contributed by atoms with Crippen molar-refractivity contribution in [3.05, 3.63) is 108 Å². The van der Waals surface area contributed by atoms with E-state index in [1.807, 2.05) is 95.7 Å². The maximum absolute atomic E-state index is 6.61. The number of ether oxygens (including phenoxy) is 5. The summed E-state index contributed by atoms with van der Waals surface area (Å²) >= 11 is 0. The Bertz CT molecular complexity index is 1260. The van der Waals surface area contributed by atoms with Crippen LogP contribution in [0.1, 0.15) is 23.5 Å². The fourth-order valence-corrected chi connectivity index (χ4v) is 5.04. The summed E-state index contributed by atoms with van der Waals surface area (Å²) in [6, 6.07) is 29.6. The van der Waals surface area contributed by atoms with Gasteiger partial charge in [-0.05, 0) is 5.56 Å². The van der Waals surface area contributed by atoms with E-state index < -0.39 is 24.8 Å². The van der Waals surface area contributed by atoms with E-state index in [-0.39, 0.29) is 12.1 Å². The first kappa shape index (κ1) is 24.0. The molecule has 3 heterocycles. The molecule has 0 amide bonds. The Hall–Kier alpha value is -3.40. The van der Waals surface area contributed by atoms with Crippen LogP contribution in [0, 0.1) is 0 Å². The minimum Gasteiger partial charge on any atom is -0.366 e. The Balaban J connectivity index is 1.39. The van der Waals surface area contributed by atoms with Crippen molar-refractivity contribution in [2.75, 3.05) is 13.7 Å². The van der Waals surface area contributed by atoms with Gasteiger partial charge in [0.05, 0.1) is 25.1 Å². The molecule has 37 heavy (non-hydrogen) atoms. The quantitative estimate of drug-likeness (QED) is 0.369. The summed E-state index contributed by atoms with van der Waals surface area (Å²) < 4.78 is 33.3. The Labute approximate surface area is 215 Å². The lowest BCUT2D eigenvalue weighted by molar-refractivity contribution is -0.353. The maximum Gasteiger partial charge on any atom is 0.186 e. The Morgan fingerprint density at radius 2 is 1.59 bits per heavy atom. The molecule has 0 bridgehead atoms. The van der Waals surface area contributed by atoms with Gasteiger partial charge in [-0.15, -0.1) is 5.10 Å². The van der Waals surface area contributed by atoms with Crippen LogP contribution in [-0.4, -0.2) is 53.3 Å². The van der Waals surface area contributed by atoms with Crippen LogP contribution in [-0.2, 0) is 30.3 Å². The van der Waals surface area contributed by atoms with Crippen molar-refractivity contribution in [2.45, 2.75) is 43.5 Å². The number of methoxy groups -OCH3 is 1. The fourth-order valence-electron chi connectivity index (χ4n) is 5.04. The smallest absolute Gasteiger partial charge is 0.186 e. The number of hydrogen-bond donors (Lipinski definition) is 0. The highest BCUT2D eigenvalue weighted by Gasteiger charge is 2.52. The van der Waals surface area contributed by atoms with Crippen LogP contribution in [0.5, 0.6) is 0 Å². The van der Waals surface area contributed by atoms with E-state index in [2.05, 4.69) is 10.3 Å². The van der Waals surface area contributed by atoms with Crippen molar-refractivity contribution < 1.29 is 23.7 Å². The van der Waals surface area contributed by atoms with E-state index in [0.29, 0.717) is 13.2 Å². The number of benzene rings is 3. The summed E-state index contributed by atoms with van der Waals surface area (Å²) in [6.45, 7) is 0.734. The highest BCUT2D eigenvalue weighted by molar-refractivity contribution is 5.58. The molecule has 4 aromatic rings. The predicted molar refractivity (Wildman–Crippen MR) is 135 cm³/mol. The molecule has 190 valence electrons. The molecule has 6 atom stereocenters. The van der Waals surface area contributed by atoms with Gasteiger partial charge in [-0.2, -0.15) is 0 Å². The fraction of sp³-hybridized carbons (Fsp3) is 0.310. The molecule has 0 spiro atoms. The van der Waals surface area contributed by atoms with Gasteiger partial charge in [-0.1, -0.05) is 96.2 Å². The second-order valence-corrected chi connectivity index (χ2v) is 9.14. The minimum absolute atomic E-state index is 0.349. The molecular weight excluding hydrogens is 470 g/mol. The number of hydrogen-bond acceptors (Lipinski definition) is 7. The number of rotatable bonds is 7. The second-order valence-electron chi connectivity index (χ2n) is 9.14. The summed E-state index contributed by atoms with van der Waals surface area (Å²) in [7, 11) is 1.62. The first-order chi connectivity index (χ1) is 18.3. The van der Waals surface area contributed by atoms with Crippen LogP contribution in [0.15, 0.2) is 97.2 Å². The highest BCUT2D eigenvalue weighted by atomic mass is 16.8. The van der Waals surface area contributed by atoms with Crippen molar-refractivity contribution >= 4 is 0 Å². The summed E-state index contributed by atoms with van der Waals surface area (Å²) in [5.74, 6) is 0. The van der Waals surface area contributed by atoms with Crippen LogP contribution < -0.4 is 0 Å². The van der Waals surface area contributed by atoms with Crippen LogP contribution >= 0.6 is 0 Å². The first-order valence-corrected chi connectivity index (χ1v) is 12.4. The van der Waals surface area contributed by atoms with Gasteiger partial charge >= 0.3 is 0 Å². The van der Waals surface area contributed by atoms with E-state index in [9.17, 15) is 0 Å². The van der Waals surface area contributed by atoms with Crippen molar-refractivity contribution in [2.24, 2.45) is 0 Å². The summed E-state index contributed by atoms with van der Waals surface area (Å²) in [6.07, 6.45) is -0.738. The maximum atomic E-state index is 6.61. The molecule has 2 aliphatic rings. The Morgan fingerprint density at radius 3 is 2.32 bits per heavy atom. The molecule has 1 aromatic heterocycles. The molecule has 6 rings (SSSR count). The Morgan fingerprint density at radius 1 is 0.892 bits per heavy atom. The van der Waals surface area contributed by atoms with Gasteiger partial charge in [0, 0.05) is 18.2 Å². The number of fused-ring (bicyclic) bond motifs is 1. The third kappa shape index (κ3) is 4.94. The van der Waals surface area contributed by atoms with Crippen molar-refractivity contribution in [3.63, 3.8) is 0 Å². The van der Waals surface area contributed by atoms with Crippen LogP contribution in [0.2, 0.25) is 0 Å². The molecule has 8 heteroatoms. The molecule has 2 saturated heterocycles. The molecule has 0 aliphatic carbocycles.